The lowest BCUT2D eigenvalue weighted by Crippen LogP contribution is -2.20. The van der Waals surface area contributed by atoms with Gasteiger partial charge in [0.05, 0.1) is 0 Å². The lowest BCUT2D eigenvalue weighted by molar-refractivity contribution is 0.211. The summed E-state index contributed by atoms with van der Waals surface area (Å²) in [4.78, 5) is 0. The fraction of sp³-hybridized carbons (Fsp3) is 1.00. The zero-order valence-electron chi connectivity index (χ0n) is 8.86. The topological polar surface area (TPSA) is 0 Å². The highest BCUT2D eigenvalue weighted by Gasteiger charge is 2.50. The SMILES string of the molecule is CC(C1CC1(C)C)C(C)(C)C. The van der Waals surface area contributed by atoms with Gasteiger partial charge in [0.1, 0.15) is 0 Å². The predicted molar refractivity (Wildman–Crippen MR) is 50.5 cm³/mol. The maximum atomic E-state index is 2.40. The minimum absolute atomic E-state index is 0.498. The van der Waals surface area contributed by atoms with E-state index >= 15 is 0 Å². The molecule has 1 fully saturated rings. The molecule has 1 saturated carbocycles. The fourth-order valence-electron chi connectivity index (χ4n) is 1.96. The monoisotopic (exact) mass is 154 g/mol. The molecule has 0 aromatic carbocycles. The van der Waals surface area contributed by atoms with E-state index < -0.39 is 0 Å². The molecule has 0 saturated heterocycles. The molecule has 1 aliphatic carbocycles. The molecule has 0 aromatic heterocycles. The summed E-state index contributed by atoms with van der Waals surface area (Å²) in [7, 11) is 0. The molecule has 2 atom stereocenters. The first-order valence-electron chi connectivity index (χ1n) is 4.75. The average Bonchev–Trinajstić information content (AvgIpc) is 2.36. The summed E-state index contributed by atoms with van der Waals surface area (Å²) in [6.45, 7) is 14.2. The Bertz CT molecular complexity index is 148. The van der Waals surface area contributed by atoms with Gasteiger partial charge >= 0.3 is 0 Å². The molecule has 0 amide bonds. The van der Waals surface area contributed by atoms with Crippen LogP contribution >= 0.6 is 0 Å². The van der Waals surface area contributed by atoms with E-state index in [1.165, 1.54) is 6.42 Å². The van der Waals surface area contributed by atoms with Crippen molar-refractivity contribution in [1.82, 2.24) is 0 Å². The Hall–Kier alpha value is 0. The van der Waals surface area contributed by atoms with Crippen molar-refractivity contribution in [2.45, 2.75) is 48.0 Å². The average molecular weight is 154 g/mol. The van der Waals surface area contributed by atoms with Gasteiger partial charge in [-0.15, -0.1) is 0 Å². The first kappa shape index (κ1) is 9.09. The van der Waals surface area contributed by atoms with Crippen molar-refractivity contribution < 1.29 is 0 Å². The molecule has 0 radical (unpaired) electrons. The van der Waals surface area contributed by atoms with Crippen LogP contribution in [0.25, 0.3) is 0 Å². The zero-order valence-corrected chi connectivity index (χ0v) is 8.86. The van der Waals surface area contributed by atoms with E-state index in [1.807, 2.05) is 0 Å². The standard InChI is InChI=1S/C11H22/c1-8(10(2,3)4)9-7-11(9,5)6/h8-9H,7H2,1-6H3. The van der Waals surface area contributed by atoms with Gasteiger partial charge in [-0.3, -0.25) is 0 Å². The maximum absolute atomic E-state index is 2.40. The van der Waals surface area contributed by atoms with Crippen molar-refractivity contribution in [2.75, 3.05) is 0 Å². The molecule has 0 spiro atoms. The number of hydrogen-bond acceptors (Lipinski definition) is 0. The van der Waals surface area contributed by atoms with Gasteiger partial charge in [-0.2, -0.15) is 0 Å². The van der Waals surface area contributed by atoms with Crippen molar-refractivity contribution in [3.63, 3.8) is 0 Å². The van der Waals surface area contributed by atoms with Crippen molar-refractivity contribution in [2.24, 2.45) is 22.7 Å². The van der Waals surface area contributed by atoms with Gasteiger partial charge in [0.2, 0.25) is 0 Å². The first-order valence-corrected chi connectivity index (χ1v) is 4.75. The van der Waals surface area contributed by atoms with Crippen molar-refractivity contribution in [1.29, 1.82) is 0 Å². The van der Waals surface area contributed by atoms with Gasteiger partial charge in [-0.25, -0.2) is 0 Å². The first-order chi connectivity index (χ1) is 4.75. The molecule has 0 aromatic rings. The molecule has 0 heterocycles. The Kier molecular flexibility index (Phi) is 1.85. The Labute approximate surface area is 71.4 Å². The van der Waals surface area contributed by atoms with E-state index in [-0.39, 0.29) is 0 Å². The minimum Gasteiger partial charge on any atom is -0.0617 e. The Morgan fingerprint density at radius 2 is 1.64 bits per heavy atom. The summed E-state index contributed by atoms with van der Waals surface area (Å²) in [6.07, 6.45) is 1.44. The highest BCUT2D eigenvalue weighted by atomic mass is 14.6. The molecule has 1 rings (SSSR count). The minimum atomic E-state index is 0.498. The third kappa shape index (κ3) is 1.77. The van der Waals surface area contributed by atoms with Crippen LogP contribution in [0.2, 0.25) is 0 Å². The van der Waals surface area contributed by atoms with Crippen LogP contribution in [-0.2, 0) is 0 Å². The molecule has 0 nitrogen and oxygen atoms in total. The fourth-order valence-corrected chi connectivity index (χ4v) is 1.96. The molecule has 0 heteroatoms. The second kappa shape index (κ2) is 2.24. The Morgan fingerprint density at radius 1 is 1.27 bits per heavy atom. The lowest BCUT2D eigenvalue weighted by atomic mass is 9.77. The van der Waals surface area contributed by atoms with Crippen LogP contribution in [0.15, 0.2) is 0 Å². The van der Waals surface area contributed by atoms with E-state index in [9.17, 15) is 0 Å². The molecule has 2 unspecified atom stereocenters. The van der Waals surface area contributed by atoms with Crippen LogP contribution in [0.3, 0.4) is 0 Å². The van der Waals surface area contributed by atoms with E-state index in [2.05, 4.69) is 41.5 Å². The summed E-state index contributed by atoms with van der Waals surface area (Å²) in [6, 6.07) is 0. The van der Waals surface area contributed by atoms with Crippen LogP contribution in [0.1, 0.15) is 48.0 Å². The van der Waals surface area contributed by atoms with Crippen LogP contribution in [-0.4, -0.2) is 0 Å². The van der Waals surface area contributed by atoms with Gasteiger partial charge in [-0.1, -0.05) is 41.5 Å². The second-order valence-electron chi connectivity index (χ2n) is 5.95. The highest BCUT2D eigenvalue weighted by Crippen LogP contribution is 2.59. The van der Waals surface area contributed by atoms with E-state index in [0.717, 1.165) is 11.8 Å². The summed E-state index contributed by atoms with van der Waals surface area (Å²) < 4.78 is 0. The van der Waals surface area contributed by atoms with E-state index in [1.54, 1.807) is 0 Å². The van der Waals surface area contributed by atoms with Gasteiger partial charge in [0.25, 0.3) is 0 Å². The quantitative estimate of drug-likeness (QED) is 0.540. The second-order valence-corrected chi connectivity index (χ2v) is 5.95. The summed E-state index contributed by atoms with van der Waals surface area (Å²) in [5.74, 6) is 1.85. The molecular weight excluding hydrogens is 132 g/mol. The lowest BCUT2D eigenvalue weighted by Gasteiger charge is -2.28. The molecule has 0 N–H and O–H groups in total. The van der Waals surface area contributed by atoms with E-state index in [0.29, 0.717) is 10.8 Å². The zero-order chi connectivity index (χ0) is 8.86. The molecule has 0 aliphatic heterocycles. The van der Waals surface area contributed by atoms with Gasteiger partial charge < -0.3 is 0 Å². The summed E-state index contributed by atoms with van der Waals surface area (Å²) in [5.41, 5.74) is 1.14. The van der Waals surface area contributed by atoms with Crippen LogP contribution < -0.4 is 0 Å². The maximum Gasteiger partial charge on any atom is -0.0320 e. The third-order valence-electron chi connectivity index (χ3n) is 3.56. The number of hydrogen-bond donors (Lipinski definition) is 0. The van der Waals surface area contributed by atoms with Crippen molar-refractivity contribution in [3.8, 4) is 0 Å². The van der Waals surface area contributed by atoms with Crippen LogP contribution in [0.5, 0.6) is 0 Å². The van der Waals surface area contributed by atoms with Crippen LogP contribution in [0.4, 0.5) is 0 Å². The molecule has 0 bridgehead atoms. The predicted octanol–water partition coefficient (Wildman–Crippen LogP) is 3.71. The Balaban J connectivity index is 2.52. The summed E-state index contributed by atoms with van der Waals surface area (Å²) >= 11 is 0. The molecule has 1 aliphatic rings. The van der Waals surface area contributed by atoms with Gasteiger partial charge in [0, 0.05) is 0 Å². The smallest absolute Gasteiger partial charge is 0.0320 e. The van der Waals surface area contributed by atoms with Gasteiger partial charge in [-0.05, 0) is 29.1 Å². The third-order valence-corrected chi connectivity index (χ3v) is 3.56. The van der Waals surface area contributed by atoms with E-state index in [4.69, 9.17) is 0 Å². The number of rotatable bonds is 1. The molecule has 11 heavy (non-hydrogen) atoms. The van der Waals surface area contributed by atoms with Crippen LogP contribution in [0, 0.1) is 22.7 Å². The Morgan fingerprint density at radius 3 is 1.73 bits per heavy atom. The highest BCUT2D eigenvalue weighted by molar-refractivity contribution is 5.00. The molecular formula is C11H22. The summed E-state index contributed by atoms with van der Waals surface area (Å²) in [5, 5.41) is 0. The largest absolute Gasteiger partial charge is 0.0617 e. The van der Waals surface area contributed by atoms with Gasteiger partial charge in [0.15, 0.2) is 0 Å². The van der Waals surface area contributed by atoms with Crippen molar-refractivity contribution >= 4 is 0 Å². The normalized spacial score (nSPS) is 31.6. The molecule has 66 valence electrons. The van der Waals surface area contributed by atoms with Crippen molar-refractivity contribution in [3.05, 3.63) is 0 Å².